The van der Waals surface area contributed by atoms with Crippen LogP contribution in [0.1, 0.15) is 11.1 Å². The number of fused-ring (bicyclic) bond motifs is 1. The molecular weight excluding hydrogens is 584 g/mol. The van der Waals surface area contributed by atoms with Gasteiger partial charge in [-0.15, -0.1) is 0 Å². The molecule has 4 aromatic carbocycles. The summed E-state index contributed by atoms with van der Waals surface area (Å²) in [5.74, 6) is -0.170. The van der Waals surface area contributed by atoms with Crippen LogP contribution in [0.4, 0.5) is 21.0 Å². The maximum absolute atomic E-state index is 12.5. The molecule has 0 saturated heterocycles. The van der Waals surface area contributed by atoms with Crippen molar-refractivity contribution in [3.05, 3.63) is 96.1 Å². The second-order valence-electron chi connectivity index (χ2n) is 9.03. The highest BCUT2D eigenvalue weighted by Gasteiger charge is 2.19. The van der Waals surface area contributed by atoms with Crippen LogP contribution in [-0.4, -0.2) is 43.1 Å². The fourth-order valence-corrected chi connectivity index (χ4v) is 6.23. The molecule has 0 aliphatic heterocycles. The van der Waals surface area contributed by atoms with E-state index in [2.05, 4.69) is 10.6 Å². The third-order valence-corrected chi connectivity index (χ3v) is 8.30. The Balaban J connectivity index is 1.40. The van der Waals surface area contributed by atoms with Gasteiger partial charge < -0.3 is 20.1 Å². The van der Waals surface area contributed by atoms with Crippen LogP contribution >= 0.6 is 0 Å². The average molecular weight is 613 g/mol. The van der Waals surface area contributed by atoms with Gasteiger partial charge in [0.25, 0.3) is 0 Å². The number of carbonyl (C=O) groups is 2. The number of nitrogens with one attached hydrogen (secondary N) is 4. The molecule has 0 aliphatic rings. The molecule has 4 N–H and O–H groups in total. The van der Waals surface area contributed by atoms with Crippen LogP contribution in [-0.2, 0) is 31.6 Å². The fourth-order valence-electron chi connectivity index (χ4n) is 4.12. The number of benzene rings is 4. The van der Waals surface area contributed by atoms with E-state index in [4.69, 9.17) is 9.47 Å². The molecule has 12 nitrogen and oxygen atoms in total. The van der Waals surface area contributed by atoms with Gasteiger partial charge in [-0.1, -0.05) is 48.5 Å². The van der Waals surface area contributed by atoms with Crippen LogP contribution in [0.5, 0.6) is 11.5 Å². The molecule has 0 atom stereocenters. The molecule has 14 heteroatoms. The molecule has 0 unspecified atom stereocenters. The van der Waals surface area contributed by atoms with Crippen LogP contribution in [0.15, 0.2) is 84.9 Å². The van der Waals surface area contributed by atoms with Gasteiger partial charge in [0.15, 0.2) is 0 Å². The number of urea groups is 2. The summed E-state index contributed by atoms with van der Waals surface area (Å²) in [6.07, 6.45) is 0. The predicted molar refractivity (Wildman–Crippen MR) is 159 cm³/mol. The molecule has 4 rings (SSSR count). The normalized spacial score (nSPS) is 11.4. The van der Waals surface area contributed by atoms with Crippen LogP contribution in [0.25, 0.3) is 10.8 Å². The van der Waals surface area contributed by atoms with Gasteiger partial charge >= 0.3 is 12.1 Å². The van der Waals surface area contributed by atoms with E-state index in [9.17, 15) is 26.4 Å². The number of hydrogen-bond acceptors (Lipinski definition) is 8. The minimum atomic E-state index is -4.04. The highest BCUT2D eigenvalue weighted by Crippen LogP contribution is 2.24. The lowest BCUT2D eigenvalue weighted by atomic mass is 10.1. The average Bonchev–Trinajstić information content (AvgIpc) is 2.92. The summed E-state index contributed by atoms with van der Waals surface area (Å²) in [7, 11) is -5.24. The summed E-state index contributed by atoms with van der Waals surface area (Å²) in [5, 5.41) is 6.29. The number of hydrogen-bond donors (Lipinski definition) is 4. The summed E-state index contributed by atoms with van der Waals surface area (Å²) in [6.45, 7) is 0. The van der Waals surface area contributed by atoms with Gasteiger partial charge in [0.1, 0.15) is 11.5 Å². The Hall–Kier alpha value is -4.82. The summed E-state index contributed by atoms with van der Waals surface area (Å²) in [6, 6.07) is 20.9. The number of para-hydroxylation sites is 2. The first kappa shape index (κ1) is 30.1. The van der Waals surface area contributed by atoms with Crippen LogP contribution in [0.2, 0.25) is 0 Å². The number of carbonyl (C=O) groups excluding carboxylic acids is 2. The van der Waals surface area contributed by atoms with Crippen LogP contribution in [0.3, 0.4) is 0 Å². The van der Waals surface area contributed by atoms with Gasteiger partial charge in [0.2, 0.25) is 20.0 Å². The lowest BCUT2D eigenvalue weighted by molar-refractivity contribution is 0.255. The van der Waals surface area contributed by atoms with Gasteiger partial charge in [0, 0.05) is 22.5 Å². The first-order valence-electron chi connectivity index (χ1n) is 12.4. The minimum absolute atomic E-state index is 0.286. The Bertz CT molecular complexity index is 1710. The minimum Gasteiger partial charge on any atom is -0.496 e. The van der Waals surface area contributed by atoms with E-state index in [0.717, 1.165) is 5.39 Å². The van der Waals surface area contributed by atoms with E-state index in [-0.39, 0.29) is 11.4 Å². The number of ether oxygens (including phenoxy) is 2. The fraction of sp³-hybridized carbons (Fsp3) is 0.143. The molecule has 4 aromatic rings. The molecule has 0 saturated carbocycles. The lowest BCUT2D eigenvalue weighted by Crippen LogP contribution is -2.35. The van der Waals surface area contributed by atoms with Crippen molar-refractivity contribution in [3.63, 3.8) is 0 Å². The van der Waals surface area contributed by atoms with Gasteiger partial charge in [-0.3, -0.25) is 0 Å². The zero-order chi connectivity index (χ0) is 30.3. The number of anilines is 2. The van der Waals surface area contributed by atoms with Crippen LogP contribution in [0, 0.1) is 0 Å². The molecule has 0 heterocycles. The Morgan fingerprint density at radius 3 is 1.40 bits per heavy atom. The van der Waals surface area contributed by atoms with Gasteiger partial charge in [0.05, 0.1) is 25.7 Å². The van der Waals surface area contributed by atoms with E-state index in [1.807, 2.05) is 9.44 Å². The van der Waals surface area contributed by atoms with Crippen molar-refractivity contribution in [2.45, 2.75) is 11.5 Å². The van der Waals surface area contributed by atoms with E-state index in [1.54, 1.807) is 84.9 Å². The van der Waals surface area contributed by atoms with Crippen molar-refractivity contribution in [1.29, 1.82) is 0 Å². The maximum Gasteiger partial charge on any atom is 0.332 e. The zero-order valence-electron chi connectivity index (χ0n) is 22.6. The van der Waals surface area contributed by atoms with Crippen molar-refractivity contribution < 1.29 is 35.9 Å². The molecule has 0 bridgehead atoms. The second kappa shape index (κ2) is 12.8. The number of amides is 4. The van der Waals surface area contributed by atoms with E-state index in [0.29, 0.717) is 28.0 Å². The number of rotatable bonds is 10. The second-order valence-corrected chi connectivity index (χ2v) is 12.5. The molecule has 0 aromatic heterocycles. The van der Waals surface area contributed by atoms with Crippen molar-refractivity contribution in [2.75, 3.05) is 24.9 Å². The van der Waals surface area contributed by atoms with E-state index < -0.39 is 43.6 Å². The van der Waals surface area contributed by atoms with E-state index >= 15 is 0 Å². The summed E-state index contributed by atoms with van der Waals surface area (Å²) >= 11 is 0. The van der Waals surface area contributed by atoms with Crippen molar-refractivity contribution in [2.24, 2.45) is 0 Å². The van der Waals surface area contributed by atoms with Crippen molar-refractivity contribution in [3.8, 4) is 11.5 Å². The van der Waals surface area contributed by atoms with Gasteiger partial charge in [-0.2, -0.15) is 0 Å². The van der Waals surface area contributed by atoms with Gasteiger partial charge in [-0.05, 0) is 47.2 Å². The monoisotopic (exact) mass is 612 g/mol. The van der Waals surface area contributed by atoms with Crippen LogP contribution < -0.4 is 29.6 Å². The Labute approximate surface area is 243 Å². The summed E-state index contributed by atoms with van der Waals surface area (Å²) in [4.78, 5) is 24.9. The van der Waals surface area contributed by atoms with Crippen molar-refractivity contribution in [1.82, 2.24) is 9.44 Å². The molecular formula is C28H28N4O8S2. The summed E-state index contributed by atoms with van der Waals surface area (Å²) < 4.78 is 64.4. The molecule has 220 valence electrons. The SMILES string of the molecule is COc1ccccc1CS(=O)(=O)NC(=O)Nc1ccc2ccc(NC(=O)NS(=O)(=O)Cc3ccccc3OC)cc2c1. The first-order chi connectivity index (χ1) is 20.0. The topological polar surface area (TPSA) is 169 Å². The molecule has 0 fully saturated rings. The lowest BCUT2D eigenvalue weighted by Gasteiger charge is -2.12. The molecule has 42 heavy (non-hydrogen) atoms. The largest absolute Gasteiger partial charge is 0.496 e. The van der Waals surface area contributed by atoms with Gasteiger partial charge in [-0.25, -0.2) is 35.9 Å². The highest BCUT2D eigenvalue weighted by atomic mass is 32.2. The maximum atomic E-state index is 12.5. The molecule has 0 aliphatic carbocycles. The Morgan fingerprint density at radius 1 is 0.595 bits per heavy atom. The Kier molecular flexibility index (Phi) is 9.18. The molecule has 0 spiro atoms. The van der Waals surface area contributed by atoms with Crippen molar-refractivity contribution >= 4 is 54.3 Å². The number of methoxy groups -OCH3 is 2. The standard InChI is InChI=1S/C28H28N4O8S2/c1-39-25-9-5-3-7-20(25)17-41(35,36)31-27(33)29-23-13-11-19-12-14-24(16-22(19)15-23)30-28(34)32-42(37,38)18-21-8-4-6-10-26(21)40-2/h3-16H,17-18H2,1-2H3,(H2,29,31,33)(H2,30,32,34). The smallest absolute Gasteiger partial charge is 0.332 e. The molecule has 4 amide bonds. The highest BCUT2D eigenvalue weighted by molar-refractivity contribution is 7.89. The summed E-state index contributed by atoms with van der Waals surface area (Å²) in [5.41, 5.74) is 1.35. The quantitative estimate of drug-likeness (QED) is 0.207. The van der Waals surface area contributed by atoms with E-state index in [1.165, 1.54) is 14.2 Å². The predicted octanol–water partition coefficient (Wildman–Crippen LogP) is 4.16. The first-order valence-corrected chi connectivity index (χ1v) is 15.7. The third kappa shape index (κ3) is 8.11. The molecule has 0 radical (unpaired) electrons. The Morgan fingerprint density at radius 2 is 1.00 bits per heavy atom. The number of sulfonamides is 2. The third-order valence-electron chi connectivity index (χ3n) is 5.93. The zero-order valence-corrected chi connectivity index (χ0v) is 24.2.